The topological polar surface area (TPSA) is 40.5 Å². The summed E-state index contributed by atoms with van der Waals surface area (Å²) >= 11 is 0. The molecule has 3 nitrogen and oxygen atoms in total. The van der Waals surface area contributed by atoms with Gasteiger partial charge in [0.15, 0.2) is 0 Å². The van der Waals surface area contributed by atoms with Crippen molar-refractivity contribution < 1.29 is 9.90 Å². The standard InChI is InChI=1S/C18H21NO2/c1-14-8-6-7-11-17(14)15(2)19(13-12-18(20)21)16-9-4-3-5-10-16/h3-11,15H,12-13H2,1-2H3,(H,20,21). The average molecular weight is 283 g/mol. The van der Waals surface area contributed by atoms with E-state index in [2.05, 4.69) is 30.9 Å². The number of carbonyl (C=O) groups is 1. The lowest BCUT2D eigenvalue weighted by Crippen LogP contribution is -2.29. The SMILES string of the molecule is Cc1ccccc1C(C)N(CCC(=O)O)c1ccccc1. The van der Waals surface area contributed by atoms with Gasteiger partial charge in [0.25, 0.3) is 0 Å². The number of aliphatic carboxylic acids is 1. The predicted octanol–water partition coefficient (Wildman–Crippen LogP) is 4.04. The Morgan fingerprint density at radius 2 is 1.71 bits per heavy atom. The van der Waals surface area contributed by atoms with E-state index < -0.39 is 5.97 Å². The monoisotopic (exact) mass is 283 g/mol. The molecule has 0 aromatic heterocycles. The Balaban J connectivity index is 2.30. The zero-order chi connectivity index (χ0) is 15.2. The lowest BCUT2D eigenvalue weighted by atomic mass is 10.0. The highest BCUT2D eigenvalue weighted by Gasteiger charge is 2.18. The van der Waals surface area contributed by atoms with E-state index >= 15 is 0 Å². The zero-order valence-electron chi connectivity index (χ0n) is 12.5. The fourth-order valence-corrected chi connectivity index (χ4v) is 2.61. The number of anilines is 1. The molecule has 2 aromatic rings. The van der Waals surface area contributed by atoms with Gasteiger partial charge in [-0.25, -0.2) is 0 Å². The van der Waals surface area contributed by atoms with Gasteiger partial charge in [0.05, 0.1) is 12.5 Å². The molecule has 3 heteroatoms. The largest absolute Gasteiger partial charge is 0.481 e. The zero-order valence-corrected chi connectivity index (χ0v) is 12.5. The molecular weight excluding hydrogens is 262 g/mol. The van der Waals surface area contributed by atoms with Gasteiger partial charge < -0.3 is 10.0 Å². The molecular formula is C18H21NO2. The van der Waals surface area contributed by atoms with Crippen LogP contribution >= 0.6 is 0 Å². The highest BCUT2D eigenvalue weighted by atomic mass is 16.4. The molecule has 0 aliphatic heterocycles. The summed E-state index contributed by atoms with van der Waals surface area (Å²) in [6.45, 7) is 4.71. The lowest BCUT2D eigenvalue weighted by molar-refractivity contribution is -0.136. The summed E-state index contributed by atoms with van der Waals surface area (Å²) in [5.74, 6) is -0.770. The molecule has 0 heterocycles. The molecule has 21 heavy (non-hydrogen) atoms. The summed E-state index contributed by atoms with van der Waals surface area (Å²) in [4.78, 5) is 13.1. The fourth-order valence-electron chi connectivity index (χ4n) is 2.61. The summed E-state index contributed by atoms with van der Waals surface area (Å²) in [7, 11) is 0. The molecule has 110 valence electrons. The molecule has 0 aliphatic rings. The summed E-state index contributed by atoms with van der Waals surface area (Å²) < 4.78 is 0. The number of carboxylic acids is 1. The highest BCUT2D eigenvalue weighted by molar-refractivity contribution is 5.67. The maximum absolute atomic E-state index is 10.9. The van der Waals surface area contributed by atoms with Crippen LogP contribution in [0.1, 0.15) is 30.5 Å². The van der Waals surface area contributed by atoms with E-state index in [9.17, 15) is 4.79 Å². The Kier molecular flexibility index (Phi) is 4.99. The van der Waals surface area contributed by atoms with Crippen molar-refractivity contribution in [3.63, 3.8) is 0 Å². The number of rotatable bonds is 6. The number of hydrogen-bond acceptors (Lipinski definition) is 2. The van der Waals surface area contributed by atoms with Crippen LogP contribution in [-0.2, 0) is 4.79 Å². The van der Waals surface area contributed by atoms with Gasteiger partial charge in [0, 0.05) is 12.2 Å². The minimum Gasteiger partial charge on any atom is -0.481 e. The molecule has 0 aliphatic carbocycles. The minimum atomic E-state index is -0.770. The van der Waals surface area contributed by atoms with E-state index in [-0.39, 0.29) is 12.5 Å². The van der Waals surface area contributed by atoms with E-state index in [0.29, 0.717) is 6.54 Å². The second-order valence-electron chi connectivity index (χ2n) is 5.21. The normalized spacial score (nSPS) is 11.9. The van der Waals surface area contributed by atoms with Gasteiger partial charge in [-0.05, 0) is 37.1 Å². The van der Waals surface area contributed by atoms with Crippen molar-refractivity contribution in [1.29, 1.82) is 0 Å². The van der Waals surface area contributed by atoms with Crippen LogP contribution in [-0.4, -0.2) is 17.6 Å². The highest BCUT2D eigenvalue weighted by Crippen LogP contribution is 2.28. The van der Waals surface area contributed by atoms with E-state index in [1.54, 1.807) is 0 Å². The summed E-state index contributed by atoms with van der Waals surface area (Å²) in [6, 6.07) is 18.4. The first-order chi connectivity index (χ1) is 10.1. The Hall–Kier alpha value is -2.29. The first-order valence-electron chi connectivity index (χ1n) is 7.18. The number of aryl methyl sites for hydroxylation is 1. The minimum absolute atomic E-state index is 0.130. The predicted molar refractivity (Wildman–Crippen MR) is 85.6 cm³/mol. The number of nitrogens with zero attached hydrogens (tertiary/aromatic N) is 1. The number of carboxylic acid groups (broad SMARTS) is 1. The molecule has 1 N–H and O–H groups in total. The number of benzene rings is 2. The molecule has 0 amide bonds. The maximum Gasteiger partial charge on any atom is 0.305 e. The molecule has 0 radical (unpaired) electrons. The van der Waals surface area contributed by atoms with E-state index in [4.69, 9.17) is 5.11 Å². The smallest absolute Gasteiger partial charge is 0.305 e. The van der Waals surface area contributed by atoms with Gasteiger partial charge in [0.2, 0.25) is 0 Å². The molecule has 2 aromatic carbocycles. The number of hydrogen-bond donors (Lipinski definition) is 1. The van der Waals surface area contributed by atoms with Crippen molar-refractivity contribution >= 4 is 11.7 Å². The van der Waals surface area contributed by atoms with Gasteiger partial charge in [-0.15, -0.1) is 0 Å². The molecule has 1 atom stereocenters. The molecule has 0 saturated carbocycles. The van der Waals surface area contributed by atoms with Crippen LogP contribution in [0, 0.1) is 6.92 Å². The van der Waals surface area contributed by atoms with Crippen LogP contribution in [0.3, 0.4) is 0 Å². The van der Waals surface area contributed by atoms with Crippen molar-refractivity contribution in [2.75, 3.05) is 11.4 Å². The van der Waals surface area contributed by atoms with E-state index in [1.807, 2.05) is 42.5 Å². The molecule has 0 saturated heterocycles. The Labute approximate surface area is 125 Å². The Bertz CT molecular complexity index is 595. The molecule has 1 unspecified atom stereocenters. The quantitative estimate of drug-likeness (QED) is 0.870. The van der Waals surface area contributed by atoms with Gasteiger partial charge in [-0.3, -0.25) is 4.79 Å². The summed E-state index contributed by atoms with van der Waals surface area (Å²) in [5.41, 5.74) is 3.50. The third kappa shape index (κ3) is 3.85. The average Bonchev–Trinajstić information content (AvgIpc) is 2.48. The number of para-hydroxylation sites is 1. The summed E-state index contributed by atoms with van der Waals surface area (Å²) in [5, 5.41) is 8.99. The molecule has 0 fully saturated rings. The van der Waals surface area contributed by atoms with Crippen molar-refractivity contribution in [3.05, 3.63) is 65.7 Å². The van der Waals surface area contributed by atoms with Crippen molar-refractivity contribution in [2.45, 2.75) is 26.3 Å². The first-order valence-corrected chi connectivity index (χ1v) is 7.18. The van der Waals surface area contributed by atoms with E-state index in [0.717, 1.165) is 5.69 Å². The second kappa shape index (κ2) is 6.93. The van der Waals surface area contributed by atoms with Crippen LogP contribution in [0.25, 0.3) is 0 Å². The van der Waals surface area contributed by atoms with Crippen molar-refractivity contribution in [2.24, 2.45) is 0 Å². The van der Waals surface area contributed by atoms with Gasteiger partial charge >= 0.3 is 5.97 Å². The molecule has 0 bridgehead atoms. The van der Waals surface area contributed by atoms with Gasteiger partial charge in [-0.2, -0.15) is 0 Å². The third-order valence-corrected chi connectivity index (χ3v) is 3.76. The first kappa shape index (κ1) is 15.1. The van der Waals surface area contributed by atoms with Crippen LogP contribution in [0.2, 0.25) is 0 Å². The maximum atomic E-state index is 10.9. The van der Waals surface area contributed by atoms with Crippen molar-refractivity contribution in [1.82, 2.24) is 0 Å². The second-order valence-corrected chi connectivity index (χ2v) is 5.21. The molecule has 2 rings (SSSR count). The van der Waals surface area contributed by atoms with Crippen LogP contribution in [0.15, 0.2) is 54.6 Å². The summed E-state index contributed by atoms with van der Waals surface area (Å²) in [6.07, 6.45) is 0.130. The lowest BCUT2D eigenvalue weighted by Gasteiger charge is -2.32. The Morgan fingerprint density at radius 1 is 1.10 bits per heavy atom. The van der Waals surface area contributed by atoms with Crippen molar-refractivity contribution in [3.8, 4) is 0 Å². The third-order valence-electron chi connectivity index (χ3n) is 3.76. The van der Waals surface area contributed by atoms with Gasteiger partial charge in [0.1, 0.15) is 0 Å². The Morgan fingerprint density at radius 3 is 2.33 bits per heavy atom. The van der Waals surface area contributed by atoms with Crippen LogP contribution in [0.5, 0.6) is 0 Å². The fraction of sp³-hybridized carbons (Fsp3) is 0.278. The van der Waals surface area contributed by atoms with Gasteiger partial charge in [-0.1, -0.05) is 42.5 Å². The van der Waals surface area contributed by atoms with E-state index in [1.165, 1.54) is 11.1 Å². The van der Waals surface area contributed by atoms with Crippen LogP contribution in [0.4, 0.5) is 5.69 Å². The molecule has 0 spiro atoms. The van der Waals surface area contributed by atoms with Crippen LogP contribution < -0.4 is 4.90 Å².